The standard InChI is InChI=1S/C11H15NO/c1-8-2-4-9(5-3-8)11(13)10-6-12-7-10/h2-5,10-13H,6-7H2,1H3. The Morgan fingerprint density at radius 1 is 1.31 bits per heavy atom. The molecule has 70 valence electrons. The molecule has 1 atom stereocenters. The predicted octanol–water partition coefficient (Wildman–Crippen LogP) is 1.25. The van der Waals surface area contributed by atoms with Crippen molar-refractivity contribution in [2.75, 3.05) is 13.1 Å². The topological polar surface area (TPSA) is 32.3 Å². The number of benzene rings is 1. The van der Waals surface area contributed by atoms with Gasteiger partial charge in [-0.2, -0.15) is 0 Å². The number of aliphatic hydroxyl groups is 1. The second kappa shape index (κ2) is 3.48. The second-order valence-electron chi connectivity index (χ2n) is 3.77. The SMILES string of the molecule is Cc1ccc(C(O)C2CNC2)cc1. The van der Waals surface area contributed by atoms with Crippen LogP contribution in [0.15, 0.2) is 24.3 Å². The molecule has 1 unspecified atom stereocenters. The average molecular weight is 177 g/mol. The van der Waals surface area contributed by atoms with Gasteiger partial charge in [-0.25, -0.2) is 0 Å². The van der Waals surface area contributed by atoms with Crippen LogP contribution >= 0.6 is 0 Å². The molecule has 0 radical (unpaired) electrons. The van der Waals surface area contributed by atoms with Gasteiger partial charge in [0, 0.05) is 19.0 Å². The fraction of sp³-hybridized carbons (Fsp3) is 0.455. The molecule has 13 heavy (non-hydrogen) atoms. The van der Waals surface area contributed by atoms with E-state index >= 15 is 0 Å². The van der Waals surface area contributed by atoms with Gasteiger partial charge in [0.05, 0.1) is 6.10 Å². The van der Waals surface area contributed by atoms with Crippen LogP contribution in [0.1, 0.15) is 17.2 Å². The Hall–Kier alpha value is -0.860. The Balaban J connectivity index is 2.10. The predicted molar refractivity (Wildman–Crippen MR) is 52.5 cm³/mol. The summed E-state index contributed by atoms with van der Waals surface area (Å²) in [7, 11) is 0. The minimum Gasteiger partial charge on any atom is -0.388 e. The lowest BCUT2D eigenvalue weighted by molar-refractivity contribution is 0.0767. The van der Waals surface area contributed by atoms with E-state index in [4.69, 9.17) is 0 Å². The molecule has 1 aromatic carbocycles. The van der Waals surface area contributed by atoms with Crippen molar-refractivity contribution in [1.82, 2.24) is 5.32 Å². The maximum Gasteiger partial charge on any atom is 0.0842 e. The minimum atomic E-state index is -0.290. The van der Waals surface area contributed by atoms with Gasteiger partial charge < -0.3 is 10.4 Å². The highest BCUT2D eigenvalue weighted by atomic mass is 16.3. The van der Waals surface area contributed by atoms with Crippen molar-refractivity contribution < 1.29 is 5.11 Å². The number of hydrogen-bond acceptors (Lipinski definition) is 2. The fourth-order valence-corrected chi connectivity index (χ4v) is 1.57. The number of aliphatic hydroxyl groups excluding tert-OH is 1. The van der Waals surface area contributed by atoms with Gasteiger partial charge >= 0.3 is 0 Å². The maximum absolute atomic E-state index is 9.89. The fourth-order valence-electron chi connectivity index (χ4n) is 1.57. The maximum atomic E-state index is 9.89. The molecule has 0 aromatic heterocycles. The zero-order valence-corrected chi connectivity index (χ0v) is 7.83. The van der Waals surface area contributed by atoms with E-state index in [1.54, 1.807) is 0 Å². The summed E-state index contributed by atoms with van der Waals surface area (Å²) < 4.78 is 0. The van der Waals surface area contributed by atoms with Gasteiger partial charge in [0.2, 0.25) is 0 Å². The molecule has 2 heteroatoms. The summed E-state index contributed by atoms with van der Waals surface area (Å²) in [5, 5.41) is 13.1. The second-order valence-corrected chi connectivity index (χ2v) is 3.77. The third-order valence-corrected chi connectivity index (χ3v) is 2.68. The molecule has 0 amide bonds. The molecule has 0 aliphatic carbocycles. The largest absolute Gasteiger partial charge is 0.388 e. The van der Waals surface area contributed by atoms with Crippen LogP contribution in [-0.4, -0.2) is 18.2 Å². The summed E-state index contributed by atoms with van der Waals surface area (Å²) in [6.45, 7) is 3.94. The lowest BCUT2D eigenvalue weighted by Gasteiger charge is -2.31. The third-order valence-electron chi connectivity index (χ3n) is 2.68. The summed E-state index contributed by atoms with van der Waals surface area (Å²) in [5.74, 6) is 0.405. The van der Waals surface area contributed by atoms with Gasteiger partial charge in [-0.1, -0.05) is 29.8 Å². The van der Waals surface area contributed by atoms with E-state index in [-0.39, 0.29) is 6.10 Å². The summed E-state index contributed by atoms with van der Waals surface area (Å²) in [6, 6.07) is 8.12. The summed E-state index contributed by atoms with van der Waals surface area (Å²) in [5.41, 5.74) is 2.28. The normalized spacial score (nSPS) is 19.5. The zero-order chi connectivity index (χ0) is 9.26. The summed E-state index contributed by atoms with van der Waals surface area (Å²) in [6.07, 6.45) is -0.290. The first-order valence-electron chi connectivity index (χ1n) is 4.73. The Kier molecular flexibility index (Phi) is 2.34. The molecule has 0 saturated carbocycles. The first-order chi connectivity index (χ1) is 6.27. The van der Waals surface area contributed by atoms with Crippen molar-refractivity contribution in [3.63, 3.8) is 0 Å². The molecule has 1 fully saturated rings. The first kappa shape index (κ1) is 8.73. The first-order valence-corrected chi connectivity index (χ1v) is 4.73. The van der Waals surface area contributed by atoms with Crippen LogP contribution in [0.5, 0.6) is 0 Å². The van der Waals surface area contributed by atoms with Crippen molar-refractivity contribution in [3.05, 3.63) is 35.4 Å². The van der Waals surface area contributed by atoms with Gasteiger partial charge in [-0.15, -0.1) is 0 Å². The van der Waals surface area contributed by atoms with Crippen LogP contribution in [-0.2, 0) is 0 Å². The quantitative estimate of drug-likeness (QED) is 0.712. The van der Waals surface area contributed by atoms with Crippen LogP contribution < -0.4 is 5.32 Å². The van der Waals surface area contributed by atoms with E-state index in [2.05, 4.69) is 12.2 Å². The molecule has 1 aliphatic heterocycles. The molecule has 1 aromatic rings. The van der Waals surface area contributed by atoms with Crippen molar-refractivity contribution in [1.29, 1.82) is 0 Å². The molecule has 1 aliphatic rings. The number of nitrogens with one attached hydrogen (secondary N) is 1. The Morgan fingerprint density at radius 2 is 1.92 bits per heavy atom. The number of rotatable bonds is 2. The molecular weight excluding hydrogens is 162 g/mol. The monoisotopic (exact) mass is 177 g/mol. The molecule has 2 rings (SSSR count). The zero-order valence-electron chi connectivity index (χ0n) is 7.83. The average Bonchev–Trinajstić information content (AvgIpc) is 2.02. The van der Waals surface area contributed by atoms with Gasteiger partial charge in [-0.3, -0.25) is 0 Å². The van der Waals surface area contributed by atoms with Crippen LogP contribution in [0.25, 0.3) is 0 Å². The van der Waals surface area contributed by atoms with Crippen molar-refractivity contribution >= 4 is 0 Å². The molecule has 2 nitrogen and oxygen atoms in total. The van der Waals surface area contributed by atoms with Gasteiger partial charge in [-0.05, 0) is 12.5 Å². The van der Waals surface area contributed by atoms with Crippen LogP contribution in [0, 0.1) is 12.8 Å². The highest BCUT2D eigenvalue weighted by Gasteiger charge is 2.25. The van der Waals surface area contributed by atoms with E-state index in [0.717, 1.165) is 18.7 Å². The molecule has 0 spiro atoms. The van der Waals surface area contributed by atoms with Crippen molar-refractivity contribution in [2.24, 2.45) is 5.92 Å². The Morgan fingerprint density at radius 3 is 2.38 bits per heavy atom. The van der Waals surface area contributed by atoms with Crippen LogP contribution in [0.2, 0.25) is 0 Å². The number of aryl methyl sites for hydroxylation is 1. The highest BCUT2D eigenvalue weighted by Crippen LogP contribution is 2.24. The van der Waals surface area contributed by atoms with Gasteiger partial charge in [0.25, 0.3) is 0 Å². The highest BCUT2D eigenvalue weighted by molar-refractivity contribution is 5.24. The van der Waals surface area contributed by atoms with E-state index in [1.165, 1.54) is 5.56 Å². The van der Waals surface area contributed by atoms with E-state index in [9.17, 15) is 5.11 Å². The van der Waals surface area contributed by atoms with E-state index in [1.807, 2.05) is 24.3 Å². The molecule has 1 saturated heterocycles. The molecule has 1 heterocycles. The molecule has 0 bridgehead atoms. The van der Waals surface area contributed by atoms with Gasteiger partial charge in [0.1, 0.15) is 0 Å². The molecular formula is C11H15NO. The summed E-state index contributed by atoms with van der Waals surface area (Å²) >= 11 is 0. The lowest BCUT2D eigenvalue weighted by Crippen LogP contribution is -2.45. The van der Waals surface area contributed by atoms with E-state index in [0.29, 0.717) is 5.92 Å². The van der Waals surface area contributed by atoms with E-state index < -0.39 is 0 Å². The van der Waals surface area contributed by atoms with Crippen molar-refractivity contribution in [2.45, 2.75) is 13.0 Å². The van der Waals surface area contributed by atoms with Crippen molar-refractivity contribution in [3.8, 4) is 0 Å². The van der Waals surface area contributed by atoms with Crippen LogP contribution in [0.4, 0.5) is 0 Å². The smallest absolute Gasteiger partial charge is 0.0842 e. The van der Waals surface area contributed by atoms with Gasteiger partial charge in [0.15, 0.2) is 0 Å². The molecule has 2 N–H and O–H groups in total. The Labute approximate surface area is 78.6 Å². The third kappa shape index (κ3) is 1.74. The number of hydrogen-bond donors (Lipinski definition) is 2. The summed E-state index contributed by atoms with van der Waals surface area (Å²) in [4.78, 5) is 0. The Bertz CT molecular complexity index is 277. The van der Waals surface area contributed by atoms with Crippen LogP contribution in [0.3, 0.4) is 0 Å². The lowest BCUT2D eigenvalue weighted by atomic mass is 9.91. The minimum absolute atomic E-state index is 0.290.